The molecule has 5 rings (SSSR count). The van der Waals surface area contributed by atoms with E-state index in [1.54, 1.807) is 12.1 Å². The van der Waals surface area contributed by atoms with Crippen LogP contribution in [0.2, 0.25) is 0 Å². The first kappa shape index (κ1) is 32.2. The first-order valence-corrected chi connectivity index (χ1v) is 15.7. The maximum atomic E-state index is 13.2. The average Bonchev–Trinajstić information content (AvgIpc) is 3.01. The zero-order chi connectivity index (χ0) is 32.1. The second kappa shape index (κ2) is 13.8. The lowest BCUT2D eigenvalue weighted by Gasteiger charge is -2.38. The van der Waals surface area contributed by atoms with E-state index in [-0.39, 0.29) is 5.82 Å². The summed E-state index contributed by atoms with van der Waals surface area (Å²) < 4.78 is 25.5. The normalized spacial score (nSPS) is 14.8. The molecule has 0 spiro atoms. The van der Waals surface area contributed by atoms with Gasteiger partial charge in [0.1, 0.15) is 11.6 Å². The van der Waals surface area contributed by atoms with Gasteiger partial charge >= 0.3 is 5.97 Å². The van der Waals surface area contributed by atoms with Crippen molar-refractivity contribution >= 4 is 11.7 Å². The van der Waals surface area contributed by atoms with Crippen LogP contribution in [0, 0.1) is 19.7 Å². The van der Waals surface area contributed by atoms with E-state index in [0.717, 1.165) is 59.8 Å². The molecule has 45 heavy (non-hydrogen) atoms. The summed E-state index contributed by atoms with van der Waals surface area (Å²) >= 11 is 0. The second-order valence-corrected chi connectivity index (χ2v) is 12.8. The maximum Gasteiger partial charge on any atom is 0.337 e. The molecule has 3 aromatic carbocycles. The third kappa shape index (κ3) is 7.90. The number of benzene rings is 3. The Hall–Kier alpha value is -4.23. The molecule has 7 heteroatoms. The molecule has 1 N–H and O–H groups in total. The van der Waals surface area contributed by atoms with Crippen LogP contribution in [0.1, 0.15) is 73.7 Å². The van der Waals surface area contributed by atoms with Gasteiger partial charge in [-0.15, -0.1) is 0 Å². The Bertz CT molecular complexity index is 1590. The van der Waals surface area contributed by atoms with E-state index in [0.29, 0.717) is 30.2 Å². The number of aryl methyl sites for hydroxylation is 2. The molecule has 1 aromatic heterocycles. The van der Waals surface area contributed by atoms with Crippen molar-refractivity contribution in [1.29, 1.82) is 0 Å². The zero-order valence-corrected chi connectivity index (χ0v) is 26.8. The minimum atomic E-state index is -1.17. The van der Waals surface area contributed by atoms with Crippen molar-refractivity contribution < 1.29 is 23.8 Å². The lowest BCUT2D eigenvalue weighted by molar-refractivity contribution is -0.160. The highest BCUT2D eigenvalue weighted by Crippen LogP contribution is 2.44. The van der Waals surface area contributed by atoms with Crippen molar-refractivity contribution in [3.63, 3.8) is 0 Å². The third-order valence-corrected chi connectivity index (χ3v) is 8.33. The smallest absolute Gasteiger partial charge is 0.337 e. The fourth-order valence-electron chi connectivity index (χ4n) is 6.24. The monoisotopic (exact) mass is 610 g/mol. The van der Waals surface area contributed by atoms with Gasteiger partial charge in [-0.05, 0) is 94.3 Å². The summed E-state index contributed by atoms with van der Waals surface area (Å²) in [5.41, 5.74) is 6.51. The summed E-state index contributed by atoms with van der Waals surface area (Å²) in [4.78, 5) is 20.0. The highest BCUT2D eigenvalue weighted by atomic mass is 19.1. The van der Waals surface area contributed by atoms with Crippen LogP contribution in [-0.4, -0.2) is 41.4 Å². The van der Waals surface area contributed by atoms with Crippen LogP contribution in [-0.2, 0) is 16.0 Å². The van der Waals surface area contributed by atoms with Crippen LogP contribution < -0.4 is 9.64 Å². The predicted molar refractivity (Wildman–Crippen MR) is 177 cm³/mol. The van der Waals surface area contributed by atoms with E-state index in [4.69, 9.17) is 14.5 Å². The topological polar surface area (TPSA) is 71.9 Å². The Kier molecular flexibility index (Phi) is 9.88. The number of carbonyl (C=O) groups is 1. The minimum Gasteiger partial charge on any atom is -0.493 e. The van der Waals surface area contributed by atoms with Crippen LogP contribution >= 0.6 is 0 Å². The molecule has 2 heterocycles. The maximum absolute atomic E-state index is 13.2. The molecule has 0 radical (unpaired) electrons. The Labute approximate surface area is 265 Å². The van der Waals surface area contributed by atoms with E-state index >= 15 is 0 Å². The number of hydrogen-bond acceptors (Lipinski definition) is 5. The van der Waals surface area contributed by atoms with E-state index in [9.17, 15) is 14.3 Å². The molecule has 4 aromatic rings. The SMILES string of the molecule is Cc1nc(C)c(C(OC(C)(C)C)C(=O)O)c(N2CCC(c3ccccc3)CC2)c1-c1ccc(OCCc2ccc(F)cc2)cc1. The average molecular weight is 611 g/mol. The van der Waals surface area contributed by atoms with Gasteiger partial charge in [-0.3, -0.25) is 4.98 Å². The van der Waals surface area contributed by atoms with Crippen LogP contribution in [0.3, 0.4) is 0 Å². The molecule has 6 nitrogen and oxygen atoms in total. The Balaban J connectivity index is 1.49. The van der Waals surface area contributed by atoms with Gasteiger partial charge < -0.3 is 19.5 Å². The number of pyridine rings is 1. The van der Waals surface area contributed by atoms with Crippen LogP contribution in [0.5, 0.6) is 5.75 Å². The highest BCUT2D eigenvalue weighted by molar-refractivity contribution is 5.88. The first-order chi connectivity index (χ1) is 21.5. The number of carboxylic acid groups (broad SMARTS) is 1. The van der Waals surface area contributed by atoms with E-state index < -0.39 is 17.7 Å². The number of aliphatic carboxylic acids is 1. The number of aromatic nitrogens is 1. The Morgan fingerprint density at radius 2 is 1.60 bits per heavy atom. The Morgan fingerprint density at radius 3 is 2.20 bits per heavy atom. The van der Waals surface area contributed by atoms with Crippen LogP contribution in [0.15, 0.2) is 78.9 Å². The second-order valence-electron chi connectivity index (χ2n) is 12.8. The lowest BCUT2D eigenvalue weighted by atomic mass is 9.87. The summed E-state index contributed by atoms with van der Waals surface area (Å²) in [6.07, 6.45) is 1.41. The standard InChI is InChI=1S/C38H43FN2O4/c1-25-33(30-13-17-32(18-14-30)44-24-21-27-11-15-31(39)16-12-27)35(34(26(2)40-25)36(37(42)43)45-38(3,4)5)41-22-19-29(20-23-41)28-9-7-6-8-10-28/h6-18,29,36H,19-24H2,1-5H3,(H,42,43). The molecular weight excluding hydrogens is 567 g/mol. The van der Waals surface area contributed by atoms with Gasteiger partial charge in [0.2, 0.25) is 0 Å². The molecular formula is C38H43FN2O4. The first-order valence-electron chi connectivity index (χ1n) is 15.7. The van der Waals surface area contributed by atoms with E-state index in [2.05, 4.69) is 29.2 Å². The van der Waals surface area contributed by atoms with Crippen molar-refractivity contribution in [2.24, 2.45) is 0 Å². The number of rotatable bonds is 10. The van der Waals surface area contributed by atoms with E-state index in [1.807, 2.05) is 65.0 Å². The molecule has 0 saturated carbocycles. The quantitative estimate of drug-likeness (QED) is 0.194. The van der Waals surface area contributed by atoms with Gasteiger partial charge in [-0.25, -0.2) is 9.18 Å². The number of anilines is 1. The molecule has 1 aliphatic rings. The number of nitrogens with zero attached hydrogens (tertiary/aromatic N) is 2. The number of halogens is 1. The molecule has 1 atom stereocenters. The number of ether oxygens (including phenoxy) is 2. The van der Waals surface area contributed by atoms with E-state index in [1.165, 1.54) is 17.7 Å². The van der Waals surface area contributed by atoms with Gasteiger partial charge in [0, 0.05) is 42.0 Å². The fourth-order valence-corrected chi connectivity index (χ4v) is 6.24. The zero-order valence-electron chi connectivity index (χ0n) is 26.8. The summed E-state index contributed by atoms with van der Waals surface area (Å²) in [6, 6.07) is 25.0. The molecule has 0 aliphatic carbocycles. The summed E-state index contributed by atoms with van der Waals surface area (Å²) in [5.74, 6) is -0.108. The predicted octanol–water partition coefficient (Wildman–Crippen LogP) is 8.45. The molecule has 236 valence electrons. The number of piperidine rings is 1. The largest absolute Gasteiger partial charge is 0.493 e. The number of hydrogen-bond donors (Lipinski definition) is 1. The van der Waals surface area contributed by atoms with Gasteiger partial charge in [-0.2, -0.15) is 0 Å². The summed E-state index contributed by atoms with van der Waals surface area (Å²) in [6.45, 7) is 11.5. The molecule has 1 aliphatic heterocycles. The van der Waals surface area contributed by atoms with Crippen LogP contribution in [0.25, 0.3) is 11.1 Å². The molecule has 1 saturated heterocycles. The summed E-state index contributed by atoms with van der Waals surface area (Å²) in [5, 5.41) is 10.5. The van der Waals surface area contributed by atoms with Gasteiger partial charge in [0.15, 0.2) is 6.10 Å². The fraction of sp³-hybridized carbons (Fsp3) is 0.368. The van der Waals surface area contributed by atoms with Crippen molar-refractivity contribution in [3.8, 4) is 16.9 Å². The van der Waals surface area contributed by atoms with Crippen molar-refractivity contribution in [1.82, 2.24) is 4.98 Å². The third-order valence-electron chi connectivity index (χ3n) is 8.33. The van der Waals surface area contributed by atoms with Crippen molar-refractivity contribution in [2.45, 2.75) is 71.5 Å². The van der Waals surface area contributed by atoms with Crippen molar-refractivity contribution in [3.05, 3.63) is 113 Å². The van der Waals surface area contributed by atoms with Crippen LogP contribution in [0.4, 0.5) is 10.1 Å². The molecule has 1 fully saturated rings. The number of carboxylic acids is 1. The molecule has 0 amide bonds. The minimum absolute atomic E-state index is 0.251. The highest BCUT2D eigenvalue weighted by Gasteiger charge is 2.35. The molecule has 0 bridgehead atoms. The van der Waals surface area contributed by atoms with Gasteiger partial charge in [0.25, 0.3) is 0 Å². The van der Waals surface area contributed by atoms with Gasteiger partial charge in [-0.1, -0.05) is 54.6 Å². The molecule has 1 unspecified atom stereocenters. The summed E-state index contributed by atoms with van der Waals surface area (Å²) in [7, 11) is 0. The van der Waals surface area contributed by atoms with Gasteiger partial charge in [0.05, 0.1) is 17.9 Å². The lowest BCUT2D eigenvalue weighted by Crippen LogP contribution is -2.36. The Morgan fingerprint density at radius 1 is 0.956 bits per heavy atom. The van der Waals surface area contributed by atoms with Crippen molar-refractivity contribution in [2.75, 3.05) is 24.6 Å².